The molecule has 114 valence electrons. The van der Waals surface area contributed by atoms with E-state index in [4.69, 9.17) is 0 Å². The van der Waals surface area contributed by atoms with Crippen LogP contribution in [0.25, 0.3) is 0 Å². The highest BCUT2D eigenvalue weighted by atomic mass is 16.6. The van der Waals surface area contributed by atoms with Crippen LogP contribution in [0.2, 0.25) is 0 Å². The van der Waals surface area contributed by atoms with Gasteiger partial charge in [-0.05, 0) is 44.9 Å². The normalized spacial score (nSPS) is 18.9. The summed E-state index contributed by atoms with van der Waals surface area (Å²) in [5.41, 5.74) is 0.756. The summed E-state index contributed by atoms with van der Waals surface area (Å²) in [7, 11) is 0. The number of hydrogen-bond acceptors (Lipinski definition) is 5. The molecule has 6 heteroatoms. The van der Waals surface area contributed by atoms with Gasteiger partial charge in [0.1, 0.15) is 12.0 Å². The third-order valence-corrected chi connectivity index (χ3v) is 3.98. The van der Waals surface area contributed by atoms with E-state index in [0.717, 1.165) is 19.5 Å². The van der Waals surface area contributed by atoms with Gasteiger partial charge in [-0.3, -0.25) is 14.9 Å². The molecule has 1 aromatic carbocycles. The van der Waals surface area contributed by atoms with Gasteiger partial charge in [0.15, 0.2) is 0 Å². The highest BCUT2D eigenvalue weighted by Crippen LogP contribution is 2.26. The molecule has 1 atom stereocenters. The average molecular weight is 291 g/mol. The SMILES string of the molecule is CC(C)N1CCC(CNc2ccc(C=O)cc2[N+](=O)[O-])C1. The van der Waals surface area contributed by atoms with Crippen molar-refractivity contribution < 1.29 is 9.72 Å². The number of nitro benzene ring substituents is 1. The van der Waals surface area contributed by atoms with Gasteiger partial charge in [-0.1, -0.05) is 0 Å². The topological polar surface area (TPSA) is 75.5 Å². The molecule has 2 rings (SSSR count). The Morgan fingerprint density at radius 1 is 1.52 bits per heavy atom. The van der Waals surface area contributed by atoms with Crippen LogP contribution in [0.5, 0.6) is 0 Å². The van der Waals surface area contributed by atoms with Gasteiger partial charge in [0.25, 0.3) is 5.69 Å². The van der Waals surface area contributed by atoms with Crippen molar-refractivity contribution in [1.82, 2.24) is 4.90 Å². The zero-order valence-electron chi connectivity index (χ0n) is 12.4. The molecule has 1 heterocycles. The van der Waals surface area contributed by atoms with E-state index >= 15 is 0 Å². The summed E-state index contributed by atoms with van der Waals surface area (Å²) in [6, 6.07) is 5.05. The molecular weight excluding hydrogens is 270 g/mol. The van der Waals surface area contributed by atoms with Gasteiger partial charge >= 0.3 is 0 Å². The number of anilines is 1. The van der Waals surface area contributed by atoms with Gasteiger partial charge < -0.3 is 10.2 Å². The minimum atomic E-state index is -0.454. The van der Waals surface area contributed by atoms with Gasteiger partial charge in [0.2, 0.25) is 0 Å². The number of aldehydes is 1. The number of likely N-dealkylation sites (tertiary alicyclic amines) is 1. The molecule has 21 heavy (non-hydrogen) atoms. The third kappa shape index (κ3) is 3.78. The third-order valence-electron chi connectivity index (χ3n) is 3.98. The zero-order chi connectivity index (χ0) is 15.4. The maximum absolute atomic E-state index is 11.1. The number of nitro groups is 1. The standard InChI is InChI=1S/C15H21N3O3/c1-11(2)17-6-5-13(9-17)8-16-14-4-3-12(10-19)7-15(14)18(20)21/h3-4,7,10-11,13,16H,5-6,8-9H2,1-2H3. The molecule has 1 unspecified atom stereocenters. The number of nitrogens with one attached hydrogen (secondary N) is 1. The van der Waals surface area contributed by atoms with Crippen molar-refractivity contribution in [3.63, 3.8) is 0 Å². The van der Waals surface area contributed by atoms with Gasteiger partial charge in [0, 0.05) is 30.8 Å². The molecule has 0 spiro atoms. The maximum Gasteiger partial charge on any atom is 0.293 e. The van der Waals surface area contributed by atoms with Crippen LogP contribution in [0, 0.1) is 16.0 Å². The summed E-state index contributed by atoms with van der Waals surface area (Å²) < 4.78 is 0. The van der Waals surface area contributed by atoms with E-state index in [0.29, 0.717) is 36.0 Å². The molecule has 0 amide bonds. The fraction of sp³-hybridized carbons (Fsp3) is 0.533. The number of carbonyl (C=O) groups excluding carboxylic acids is 1. The van der Waals surface area contributed by atoms with Crippen molar-refractivity contribution in [1.29, 1.82) is 0 Å². The monoisotopic (exact) mass is 291 g/mol. The molecule has 1 saturated heterocycles. The Morgan fingerprint density at radius 2 is 2.29 bits per heavy atom. The van der Waals surface area contributed by atoms with Gasteiger partial charge in [0.05, 0.1) is 4.92 Å². The van der Waals surface area contributed by atoms with Gasteiger partial charge in [-0.2, -0.15) is 0 Å². The number of benzene rings is 1. The maximum atomic E-state index is 11.1. The van der Waals surface area contributed by atoms with Crippen LogP contribution in [-0.2, 0) is 0 Å². The summed E-state index contributed by atoms with van der Waals surface area (Å²) in [6.45, 7) is 7.17. The summed E-state index contributed by atoms with van der Waals surface area (Å²) in [6.07, 6.45) is 1.72. The Hall–Kier alpha value is -1.95. The summed E-state index contributed by atoms with van der Waals surface area (Å²) in [5, 5.41) is 14.2. The molecule has 1 N–H and O–H groups in total. The van der Waals surface area contributed by atoms with Crippen molar-refractivity contribution >= 4 is 17.7 Å². The summed E-state index contributed by atoms with van der Waals surface area (Å²) >= 11 is 0. The first-order chi connectivity index (χ1) is 10.0. The van der Waals surface area contributed by atoms with Crippen molar-refractivity contribution in [2.45, 2.75) is 26.3 Å². The van der Waals surface area contributed by atoms with E-state index < -0.39 is 4.92 Å². The van der Waals surface area contributed by atoms with E-state index in [1.54, 1.807) is 12.1 Å². The fourth-order valence-electron chi connectivity index (χ4n) is 2.68. The van der Waals surface area contributed by atoms with Gasteiger partial charge in [-0.25, -0.2) is 0 Å². The first-order valence-corrected chi connectivity index (χ1v) is 7.22. The van der Waals surface area contributed by atoms with Crippen LogP contribution in [-0.4, -0.2) is 41.8 Å². The average Bonchev–Trinajstić information content (AvgIpc) is 2.94. The van der Waals surface area contributed by atoms with Crippen LogP contribution in [0.4, 0.5) is 11.4 Å². The molecule has 0 aromatic heterocycles. The van der Waals surface area contributed by atoms with Crippen LogP contribution in [0.15, 0.2) is 18.2 Å². The summed E-state index contributed by atoms with van der Waals surface area (Å²) in [4.78, 5) is 23.7. The van der Waals surface area contributed by atoms with E-state index in [1.165, 1.54) is 6.07 Å². The van der Waals surface area contributed by atoms with Crippen molar-refractivity contribution in [2.24, 2.45) is 5.92 Å². The Balaban J connectivity index is 2.00. The second kappa shape index (κ2) is 6.67. The minimum absolute atomic E-state index is 0.0432. The Labute approximate surface area is 124 Å². The fourth-order valence-corrected chi connectivity index (χ4v) is 2.68. The molecule has 1 fully saturated rings. The smallest absolute Gasteiger partial charge is 0.293 e. The molecule has 1 aromatic rings. The lowest BCUT2D eigenvalue weighted by Gasteiger charge is -2.20. The highest BCUT2D eigenvalue weighted by Gasteiger charge is 2.24. The van der Waals surface area contributed by atoms with Crippen LogP contribution >= 0.6 is 0 Å². The molecule has 0 aliphatic carbocycles. The lowest BCUT2D eigenvalue weighted by Crippen LogP contribution is -2.29. The van der Waals surface area contributed by atoms with Crippen LogP contribution in [0.1, 0.15) is 30.6 Å². The predicted octanol–water partition coefficient (Wildman–Crippen LogP) is 2.55. The van der Waals surface area contributed by atoms with E-state index in [-0.39, 0.29) is 5.69 Å². The Bertz CT molecular complexity index is 531. The van der Waals surface area contributed by atoms with Crippen LogP contribution < -0.4 is 5.32 Å². The molecular formula is C15H21N3O3. The van der Waals surface area contributed by atoms with Gasteiger partial charge in [-0.15, -0.1) is 0 Å². The zero-order valence-corrected chi connectivity index (χ0v) is 12.4. The predicted molar refractivity (Wildman–Crippen MR) is 81.8 cm³/mol. The lowest BCUT2D eigenvalue weighted by atomic mass is 10.1. The Kier molecular flexibility index (Phi) is 4.90. The summed E-state index contributed by atoms with van der Waals surface area (Å²) in [5.74, 6) is 0.498. The van der Waals surface area contributed by atoms with Crippen LogP contribution in [0.3, 0.4) is 0 Å². The molecule has 0 saturated carbocycles. The molecule has 1 aliphatic heterocycles. The Morgan fingerprint density at radius 3 is 2.86 bits per heavy atom. The minimum Gasteiger partial charge on any atom is -0.379 e. The number of rotatable bonds is 6. The quantitative estimate of drug-likeness (QED) is 0.495. The number of carbonyl (C=O) groups is 1. The van der Waals surface area contributed by atoms with Crippen molar-refractivity contribution in [3.8, 4) is 0 Å². The first-order valence-electron chi connectivity index (χ1n) is 7.22. The largest absolute Gasteiger partial charge is 0.379 e. The molecule has 0 bridgehead atoms. The second-order valence-corrected chi connectivity index (χ2v) is 5.78. The second-order valence-electron chi connectivity index (χ2n) is 5.78. The number of nitrogens with zero attached hydrogens (tertiary/aromatic N) is 2. The lowest BCUT2D eigenvalue weighted by molar-refractivity contribution is -0.384. The first kappa shape index (κ1) is 15.4. The van der Waals surface area contributed by atoms with Crippen molar-refractivity contribution in [3.05, 3.63) is 33.9 Å². The molecule has 0 radical (unpaired) electrons. The molecule has 6 nitrogen and oxygen atoms in total. The number of hydrogen-bond donors (Lipinski definition) is 1. The van der Waals surface area contributed by atoms with E-state index in [2.05, 4.69) is 24.1 Å². The van der Waals surface area contributed by atoms with Crippen molar-refractivity contribution in [2.75, 3.05) is 25.0 Å². The van der Waals surface area contributed by atoms with E-state index in [9.17, 15) is 14.9 Å². The highest BCUT2D eigenvalue weighted by molar-refractivity contribution is 5.79. The molecule has 1 aliphatic rings. The van der Waals surface area contributed by atoms with E-state index in [1.807, 2.05) is 0 Å².